The quantitative estimate of drug-likeness (QED) is 0.750. The summed E-state index contributed by atoms with van der Waals surface area (Å²) in [5.41, 5.74) is 0.922. The number of carbonyl (C=O) groups is 2. The molecule has 1 amide bonds. The van der Waals surface area contributed by atoms with E-state index in [1.54, 1.807) is 4.90 Å². The first-order chi connectivity index (χ1) is 13.6. The second-order valence-corrected chi connectivity index (χ2v) is 7.57. The summed E-state index contributed by atoms with van der Waals surface area (Å²) < 4.78 is 16.2. The summed E-state index contributed by atoms with van der Waals surface area (Å²) in [6.07, 6.45) is 2.68. The van der Waals surface area contributed by atoms with Crippen LogP contribution < -0.4 is 0 Å². The van der Waals surface area contributed by atoms with E-state index in [0.29, 0.717) is 13.0 Å². The van der Waals surface area contributed by atoms with Crippen LogP contribution >= 0.6 is 0 Å². The van der Waals surface area contributed by atoms with Crippen molar-refractivity contribution in [2.45, 2.75) is 57.0 Å². The normalized spacial score (nSPS) is 27.4. The van der Waals surface area contributed by atoms with Gasteiger partial charge in [0.15, 0.2) is 0 Å². The Hall–Kier alpha value is -2.12. The SMILES string of the molecule is COC(=O)[C@H]1CC[C@H](OC[C@@H]2C[C@@H](O)CN2C(=O)OCc2ccccc2)CC1. The van der Waals surface area contributed by atoms with Crippen molar-refractivity contribution in [3.63, 3.8) is 0 Å². The molecule has 1 aliphatic heterocycles. The predicted octanol–water partition coefficient (Wildman–Crippen LogP) is 2.51. The van der Waals surface area contributed by atoms with Crippen LogP contribution in [0.5, 0.6) is 0 Å². The van der Waals surface area contributed by atoms with Gasteiger partial charge in [0.1, 0.15) is 6.61 Å². The Labute approximate surface area is 165 Å². The van der Waals surface area contributed by atoms with Crippen molar-refractivity contribution in [2.75, 3.05) is 20.3 Å². The van der Waals surface area contributed by atoms with Gasteiger partial charge in [0.05, 0.1) is 44.4 Å². The second-order valence-electron chi connectivity index (χ2n) is 7.57. The first kappa shape index (κ1) is 20.6. The molecule has 1 aromatic carbocycles. The van der Waals surface area contributed by atoms with Crippen LogP contribution in [0.1, 0.15) is 37.7 Å². The number of benzene rings is 1. The first-order valence-corrected chi connectivity index (χ1v) is 9.91. The molecular weight excluding hydrogens is 362 g/mol. The first-order valence-electron chi connectivity index (χ1n) is 9.91. The van der Waals surface area contributed by atoms with Crippen molar-refractivity contribution in [2.24, 2.45) is 5.92 Å². The van der Waals surface area contributed by atoms with Crippen molar-refractivity contribution in [3.05, 3.63) is 35.9 Å². The molecule has 1 heterocycles. The van der Waals surface area contributed by atoms with E-state index in [2.05, 4.69) is 0 Å². The molecule has 0 bridgehead atoms. The Morgan fingerprint density at radius 1 is 1.14 bits per heavy atom. The zero-order valence-corrected chi connectivity index (χ0v) is 16.3. The average molecular weight is 391 g/mol. The maximum atomic E-state index is 12.5. The number of amides is 1. The predicted molar refractivity (Wildman–Crippen MR) is 101 cm³/mol. The van der Waals surface area contributed by atoms with E-state index in [1.807, 2.05) is 30.3 Å². The van der Waals surface area contributed by atoms with E-state index in [1.165, 1.54) is 7.11 Å². The number of hydrogen-bond donors (Lipinski definition) is 1. The van der Waals surface area contributed by atoms with Gasteiger partial charge in [-0.05, 0) is 37.7 Å². The lowest BCUT2D eigenvalue weighted by atomic mass is 9.87. The average Bonchev–Trinajstić information content (AvgIpc) is 3.11. The zero-order chi connectivity index (χ0) is 19.9. The molecule has 1 saturated heterocycles. The minimum absolute atomic E-state index is 0.0392. The molecule has 2 atom stereocenters. The van der Waals surface area contributed by atoms with Gasteiger partial charge in [-0.3, -0.25) is 4.79 Å². The number of rotatable bonds is 6. The largest absolute Gasteiger partial charge is 0.469 e. The van der Waals surface area contributed by atoms with E-state index >= 15 is 0 Å². The number of likely N-dealkylation sites (tertiary alicyclic amines) is 1. The summed E-state index contributed by atoms with van der Waals surface area (Å²) in [6.45, 7) is 0.833. The van der Waals surface area contributed by atoms with Crippen LogP contribution in [0.2, 0.25) is 0 Å². The molecule has 28 heavy (non-hydrogen) atoms. The second kappa shape index (κ2) is 9.89. The molecule has 1 aliphatic carbocycles. The number of methoxy groups -OCH3 is 1. The molecule has 1 aromatic rings. The highest BCUT2D eigenvalue weighted by Gasteiger charge is 2.36. The van der Waals surface area contributed by atoms with Gasteiger partial charge in [-0.15, -0.1) is 0 Å². The summed E-state index contributed by atoms with van der Waals surface area (Å²) in [7, 11) is 1.42. The molecule has 0 radical (unpaired) electrons. The highest BCUT2D eigenvalue weighted by atomic mass is 16.6. The fourth-order valence-corrected chi connectivity index (χ4v) is 3.95. The number of hydrogen-bond acceptors (Lipinski definition) is 6. The molecule has 2 fully saturated rings. The Bertz CT molecular complexity index is 644. The number of aliphatic hydroxyl groups excluding tert-OH is 1. The van der Waals surface area contributed by atoms with Crippen LogP contribution in [-0.4, -0.2) is 60.6 Å². The molecule has 0 spiro atoms. The van der Waals surface area contributed by atoms with Gasteiger partial charge in [0.25, 0.3) is 0 Å². The maximum absolute atomic E-state index is 12.5. The van der Waals surface area contributed by atoms with Gasteiger partial charge in [0.2, 0.25) is 0 Å². The lowest BCUT2D eigenvalue weighted by molar-refractivity contribution is -0.147. The lowest BCUT2D eigenvalue weighted by Gasteiger charge is -2.29. The van der Waals surface area contributed by atoms with Crippen LogP contribution in [0.4, 0.5) is 4.79 Å². The Balaban J connectivity index is 1.45. The van der Waals surface area contributed by atoms with Crippen LogP contribution in [0.15, 0.2) is 30.3 Å². The minimum atomic E-state index is -0.562. The third-order valence-electron chi connectivity index (χ3n) is 5.57. The minimum Gasteiger partial charge on any atom is -0.469 e. The third kappa shape index (κ3) is 5.45. The Morgan fingerprint density at radius 3 is 2.54 bits per heavy atom. The van der Waals surface area contributed by atoms with Crippen molar-refractivity contribution in [1.29, 1.82) is 0 Å². The van der Waals surface area contributed by atoms with Crippen LogP contribution in [0.3, 0.4) is 0 Å². The third-order valence-corrected chi connectivity index (χ3v) is 5.57. The molecule has 0 unspecified atom stereocenters. The van der Waals surface area contributed by atoms with E-state index in [0.717, 1.165) is 31.2 Å². The molecule has 7 heteroatoms. The number of ether oxygens (including phenoxy) is 3. The number of nitrogens with zero attached hydrogens (tertiary/aromatic N) is 1. The van der Waals surface area contributed by atoms with E-state index in [4.69, 9.17) is 14.2 Å². The summed E-state index contributed by atoms with van der Waals surface area (Å²) in [4.78, 5) is 25.6. The molecule has 1 saturated carbocycles. The molecule has 0 aromatic heterocycles. The molecule has 154 valence electrons. The monoisotopic (exact) mass is 391 g/mol. The number of β-amino-alcohol motifs (C(OH)–C–C–N with tert-alkyl or cyclic N) is 1. The van der Waals surface area contributed by atoms with Gasteiger partial charge in [-0.2, -0.15) is 0 Å². The molecular formula is C21H29NO6. The summed E-state index contributed by atoms with van der Waals surface area (Å²) in [5, 5.41) is 10.0. The zero-order valence-electron chi connectivity index (χ0n) is 16.3. The van der Waals surface area contributed by atoms with Crippen LogP contribution in [-0.2, 0) is 25.6 Å². The molecule has 7 nitrogen and oxygen atoms in total. The topological polar surface area (TPSA) is 85.3 Å². The fraction of sp³-hybridized carbons (Fsp3) is 0.619. The van der Waals surface area contributed by atoms with Gasteiger partial charge < -0.3 is 24.2 Å². The van der Waals surface area contributed by atoms with Crippen molar-refractivity contribution < 1.29 is 28.9 Å². The van der Waals surface area contributed by atoms with E-state index in [-0.39, 0.29) is 37.2 Å². The van der Waals surface area contributed by atoms with Gasteiger partial charge >= 0.3 is 12.1 Å². The highest BCUT2D eigenvalue weighted by Crippen LogP contribution is 2.28. The Morgan fingerprint density at radius 2 is 1.86 bits per heavy atom. The van der Waals surface area contributed by atoms with Crippen LogP contribution in [0.25, 0.3) is 0 Å². The number of aliphatic hydroxyl groups is 1. The lowest BCUT2D eigenvalue weighted by Crippen LogP contribution is -2.40. The van der Waals surface area contributed by atoms with Crippen LogP contribution in [0, 0.1) is 5.92 Å². The molecule has 2 aliphatic rings. The maximum Gasteiger partial charge on any atom is 0.410 e. The standard InChI is InChI=1S/C21H29NO6/c1-26-20(24)16-7-9-19(10-8-16)27-14-17-11-18(23)12-22(17)21(25)28-13-15-5-3-2-4-6-15/h2-6,16-19,23H,7-14H2,1H3/t16-,17-,18+,19-/m0/s1. The summed E-state index contributed by atoms with van der Waals surface area (Å²) >= 11 is 0. The van der Waals surface area contributed by atoms with Gasteiger partial charge in [-0.1, -0.05) is 30.3 Å². The molecule has 1 N–H and O–H groups in total. The van der Waals surface area contributed by atoms with E-state index < -0.39 is 12.2 Å². The Kier molecular flexibility index (Phi) is 7.28. The smallest absolute Gasteiger partial charge is 0.410 e. The number of carbonyl (C=O) groups excluding carboxylic acids is 2. The summed E-state index contributed by atoms with van der Waals surface area (Å²) in [5.74, 6) is -0.188. The van der Waals surface area contributed by atoms with Crippen molar-refractivity contribution in [3.8, 4) is 0 Å². The van der Waals surface area contributed by atoms with E-state index in [9.17, 15) is 14.7 Å². The van der Waals surface area contributed by atoms with Crippen molar-refractivity contribution >= 4 is 12.1 Å². The number of esters is 1. The van der Waals surface area contributed by atoms with Crippen molar-refractivity contribution in [1.82, 2.24) is 4.90 Å². The van der Waals surface area contributed by atoms with Gasteiger partial charge in [0, 0.05) is 0 Å². The molecule has 3 rings (SSSR count). The summed E-state index contributed by atoms with van der Waals surface area (Å²) in [6, 6.07) is 9.31. The van der Waals surface area contributed by atoms with Gasteiger partial charge in [-0.25, -0.2) is 4.79 Å². The fourth-order valence-electron chi connectivity index (χ4n) is 3.95. The highest BCUT2D eigenvalue weighted by molar-refractivity contribution is 5.72.